The van der Waals surface area contributed by atoms with Crippen LogP contribution in [0.2, 0.25) is 0 Å². The molecule has 0 aliphatic rings. The summed E-state index contributed by atoms with van der Waals surface area (Å²) in [5.74, 6) is 0.374. The molecule has 0 aliphatic heterocycles. The van der Waals surface area contributed by atoms with Crippen LogP contribution in [0.1, 0.15) is 27.5 Å². The van der Waals surface area contributed by atoms with Gasteiger partial charge in [-0.05, 0) is 35.4 Å². The Morgan fingerprint density at radius 3 is 2.17 bits per heavy atom. The van der Waals surface area contributed by atoms with E-state index in [1.807, 2.05) is 54.6 Å². The van der Waals surface area contributed by atoms with Crippen LogP contribution in [0.4, 0.5) is 5.69 Å². The third-order valence-electron chi connectivity index (χ3n) is 4.50. The van der Waals surface area contributed by atoms with E-state index in [9.17, 15) is 14.9 Å². The summed E-state index contributed by atoms with van der Waals surface area (Å²) in [6.07, 6.45) is 0. The van der Waals surface area contributed by atoms with Gasteiger partial charge in [-0.3, -0.25) is 14.9 Å². The lowest BCUT2D eigenvalue weighted by Crippen LogP contribution is -2.29. The number of hydrogen-bond acceptors (Lipinski definition) is 5. The minimum Gasteiger partial charge on any atom is -0.497 e. The zero-order valence-electron chi connectivity index (χ0n) is 16.0. The average molecular weight is 392 g/mol. The van der Waals surface area contributed by atoms with Gasteiger partial charge in [-0.25, -0.2) is 0 Å². The highest BCUT2D eigenvalue weighted by Gasteiger charge is 2.21. The Morgan fingerprint density at radius 1 is 0.931 bits per heavy atom. The van der Waals surface area contributed by atoms with Gasteiger partial charge in [0.05, 0.1) is 25.2 Å². The smallest absolute Gasteiger partial charge is 0.311 e. The van der Waals surface area contributed by atoms with Gasteiger partial charge in [0.15, 0.2) is 5.75 Å². The first-order valence-electron chi connectivity index (χ1n) is 8.85. The predicted octanol–water partition coefficient (Wildman–Crippen LogP) is 4.13. The van der Waals surface area contributed by atoms with Crippen LogP contribution in [0.25, 0.3) is 0 Å². The first-order valence-corrected chi connectivity index (χ1v) is 8.85. The lowest BCUT2D eigenvalue weighted by atomic mass is 9.98. The minimum absolute atomic E-state index is 0.0984. The number of methoxy groups -OCH3 is 2. The summed E-state index contributed by atoms with van der Waals surface area (Å²) in [6.45, 7) is 0. The molecule has 0 fully saturated rings. The summed E-state index contributed by atoms with van der Waals surface area (Å²) in [5.41, 5.74) is 1.65. The molecule has 0 aromatic heterocycles. The Bertz CT molecular complexity index is 1000. The summed E-state index contributed by atoms with van der Waals surface area (Å²) in [4.78, 5) is 23.6. The molecule has 3 aromatic rings. The second kappa shape index (κ2) is 8.88. The topological polar surface area (TPSA) is 90.7 Å². The summed E-state index contributed by atoms with van der Waals surface area (Å²) < 4.78 is 10.2. The Kier molecular flexibility index (Phi) is 6.09. The van der Waals surface area contributed by atoms with Crippen molar-refractivity contribution in [2.24, 2.45) is 0 Å². The van der Waals surface area contributed by atoms with E-state index in [0.29, 0.717) is 5.75 Å². The molecule has 148 valence electrons. The van der Waals surface area contributed by atoms with Crippen molar-refractivity contribution in [3.8, 4) is 11.5 Å². The van der Waals surface area contributed by atoms with E-state index in [2.05, 4.69) is 5.32 Å². The van der Waals surface area contributed by atoms with Gasteiger partial charge in [0.1, 0.15) is 5.75 Å². The van der Waals surface area contributed by atoms with Crippen molar-refractivity contribution in [2.75, 3.05) is 14.2 Å². The van der Waals surface area contributed by atoms with Crippen LogP contribution in [0.5, 0.6) is 11.5 Å². The third kappa shape index (κ3) is 4.52. The van der Waals surface area contributed by atoms with Gasteiger partial charge in [-0.1, -0.05) is 42.5 Å². The van der Waals surface area contributed by atoms with Gasteiger partial charge in [0, 0.05) is 11.6 Å². The largest absolute Gasteiger partial charge is 0.497 e. The molecular formula is C22H20N2O5. The van der Waals surface area contributed by atoms with Crippen LogP contribution in [0.15, 0.2) is 72.8 Å². The molecule has 0 heterocycles. The molecule has 7 nitrogen and oxygen atoms in total. The predicted molar refractivity (Wildman–Crippen MR) is 108 cm³/mol. The van der Waals surface area contributed by atoms with Crippen LogP contribution in [-0.2, 0) is 0 Å². The van der Waals surface area contributed by atoms with E-state index in [1.165, 1.54) is 25.3 Å². The molecule has 0 saturated carbocycles. The molecule has 7 heteroatoms. The molecule has 0 unspecified atom stereocenters. The molecule has 1 N–H and O–H groups in total. The molecule has 0 spiro atoms. The van der Waals surface area contributed by atoms with E-state index in [1.54, 1.807) is 7.11 Å². The number of hydrogen-bond donors (Lipinski definition) is 1. The summed E-state index contributed by atoms with van der Waals surface area (Å²) in [7, 11) is 2.93. The Labute approximate surface area is 168 Å². The number of nitrogens with zero attached hydrogens (tertiary/aromatic N) is 1. The number of rotatable bonds is 7. The fraction of sp³-hybridized carbons (Fsp3) is 0.136. The van der Waals surface area contributed by atoms with Crippen molar-refractivity contribution < 1.29 is 19.2 Å². The second-order valence-corrected chi connectivity index (χ2v) is 6.23. The van der Waals surface area contributed by atoms with Crippen LogP contribution in [0.3, 0.4) is 0 Å². The van der Waals surface area contributed by atoms with Crippen molar-refractivity contribution in [1.82, 2.24) is 5.32 Å². The number of ether oxygens (including phenoxy) is 2. The number of carbonyl (C=O) groups is 1. The molecule has 3 rings (SSSR count). The maximum absolute atomic E-state index is 12.9. The van der Waals surface area contributed by atoms with Crippen molar-refractivity contribution in [3.63, 3.8) is 0 Å². The van der Waals surface area contributed by atoms with Crippen LogP contribution >= 0.6 is 0 Å². The van der Waals surface area contributed by atoms with E-state index < -0.39 is 16.9 Å². The van der Waals surface area contributed by atoms with Crippen LogP contribution in [0, 0.1) is 10.1 Å². The van der Waals surface area contributed by atoms with Gasteiger partial charge in [-0.15, -0.1) is 0 Å². The zero-order valence-corrected chi connectivity index (χ0v) is 16.0. The number of carbonyl (C=O) groups excluding carboxylic acids is 1. The SMILES string of the molecule is COc1ccc([C@@H](NC(=O)c2ccc(OC)c([N+](=O)[O-])c2)c2ccccc2)cc1. The van der Waals surface area contributed by atoms with E-state index in [0.717, 1.165) is 11.1 Å². The van der Waals surface area contributed by atoms with Gasteiger partial charge < -0.3 is 14.8 Å². The first kappa shape index (κ1) is 19.9. The summed E-state index contributed by atoms with van der Waals surface area (Å²) in [5, 5.41) is 14.2. The van der Waals surface area contributed by atoms with Gasteiger partial charge >= 0.3 is 5.69 Å². The standard InChI is InChI=1S/C22H20N2O5/c1-28-18-11-8-16(9-12-18)21(15-6-4-3-5-7-15)23-22(25)17-10-13-20(29-2)19(14-17)24(26)27/h3-14,21H,1-2H3,(H,23,25)/t21-/m0/s1. The molecule has 0 bridgehead atoms. The number of amides is 1. The lowest BCUT2D eigenvalue weighted by Gasteiger charge is -2.20. The quantitative estimate of drug-likeness (QED) is 0.482. The molecular weight excluding hydrogens is 372 g/mol. The number of nitro benzene ring substituents is 1. The molecule has 0 aliphatic carbocycles. The van der Waals surface area contributed by atoms with Crippen molar-refractivity contribution >= 4 is 11.6 Å². The Hall–Kier alpha value is -3.87. The summed E-state index contributed by atoms with van der Waals surface area (Å²) in [6, 6.07) is 20.5. The second-order valence-electron chi connectivity index (χ2n) is 6.23. The number of nitro groups is 1. The maximum Gasteiger partial charge on any atom is 0.311 e. The molecule has 0 saturated heterocycles. The van der Waals surface area contributed by atoms with Gasteiger partial charge in [0.25, 0.3) is 5.91 Å². The summed E-state index contributed by atoms with van der Waals surface area (Å²) >= 11 is 0. The van der Waals surface area contributed by atoms with Crippen molar-refractivity contribution in [3.05, 3.63) is 99.6 Å². The molecule has 1 atom stereocenters. The molecule has 0 radical (unpaired) electrons. The van der Waals surface area contributed by atoms with Crippen LogP contribution < -0.4 is 14.8 Å². The van der Waals surface area contributed by atoms with Gasteiger partial charge in [0.2, 0.25) is 0 Å². The number of benzene rings is 3. The van der Waals surface area contributed by atoms with E-state index >= 15 is 0 Å². The zero-order chi connectivity index (χ0) is 20.8. The molecule has 29 heavy (non-hydrogen) atoms. The molecule has 3 aromatic carbocycles. The fourth-order valence-electron chi connectivity index (χ4n) is 2.99. The normalized spacial score (nSPS) is 11.4. The number of nitrogens with one attached hydrogen (secondary N) is 1. The highest BCUT2D eigenvalue weighted by atomic mass is 16.6. The van der Waals surface area contributed by atoms with E-state index in [-0.39, 0.29) is 17.0 Å². The van der Waals surface area contributed by atoms with E-state index in [4.69, 9.17) is 9.47 Å². The van der Waals surface area contributed by atoms with Crippen LogP contribution in [-0.4, -0.2) is 25.1 Å². The minimum atomic E-state index is -0.576. The highest BCUT2D eigenvalue weighted by Crippen LogP contribution is 2.29. The molecule has 1 amide bonds. The monoisotopic (exact) mass is 392 g/mol. The highest BCUT2D eigenvalue weighted by molar-refractivity contribution is 5.95. The first-order chi connectivity index (χ1) is 14.0. The maximum atomic E-state index is 12.9. The lowest BCUT2D eigenvalue weighted by molar-refractivity contribution is -0.385. The average Bonchev–Trinajstić information content (AvgIpc) is 2.77. The fourth-order valence-corrected chi connectivity index (χ4v) is 2.99. The van der Waals surface area contributed by atoms with Crippen molar-refractivity contribution in [2.45, 2.75) is 6.04 Å². The third-order valence-corrected chi connectivity index (χ3v) is 4.50. The van der Waals surface area contributed by atoms with Gasteiger partial charge in [-0.2, -0.15) is 0 Å². The Morgan fingerprint density at radius 2 is 1.59 bits per heavy atom. The Balaban J connectivity index is 1.94. The van der Waals surface area contributed by atoms with Crippen molar-refractivity contribution in [1.29, 1.82) is 0 Å².